The van der Waals surface area contributed by atoms with Crippen molar-refractivity contribution in [3.63, 3.8) is 0 Å². The summed E-state index contributed by atoms with van der Waals surface area (Å²) in [6.07, 6.45) is 13.7. The summed E-state index contributed by atoms with van der Waals surface area (Å²) in [4.78, 5) is 0. The van der Waals surface area contributed by atoms with Crippen molar-refractivity contribution in [1.82, 2.24) is 0 Å². The van der Waals surface area contributed by atoms with Crippen LogP contribution in [0.3, 0.4) is 0 Å². The van der Waals surface area contributed by atoms with E-state index in [-0.39, 0.29) is 0 Å². The lowest BCUT2D eigenvalue weighted by molar-refractivity contribution is 0.184. The van der Waals surface area contributed by atoms with Gasteiger partial charge in [-0.05, 0) is 24.7 Å². The molecule has 1 N–H and O–H groups in total. The second kappa shape index (κ2) is 8.15. The van der Waals surface area contributed by atoms with Gasteiger partial charge in [0.1, 0.15) is 0 Å². The van der Waals surface area contributed by atoms with Crippen molar-refractivity contribution in [3.8, 4) is 0 Å². The maximum atomic E-state index is 9.35. The van der Waals surface area contributed by atoms with Crippen LogP contribution in [0.15, 0.2) is 0 Å². The molecule has 1 atom stereocenters. The zero-order valence-electron chi connectivity index (χ0n) is 10.4. The molecule has 0 bridgehead atoms. The first-order chi connectivity index (χ1) is 7.36. The lowest BCUT2D eigenvalue weighted by atomic mass is 9.87. The Balaban J connectivity index is 2.22. The van der Waals surface area contributed by atoms with Crippen molar-refractivity contribution in [2.24, 2.45) is 11.8 Å². The first-order valence-corrected chi connectivity index (χ1v) is 6.97. The molecule has 0 spiro atoms. The third kappa shape index (κ3) is 5.55. The smallest absolute Gasteiger partial charge is 0.0459 e. The molecule has 1 saturated carbocycles. The maximum absolute atomic E-state index is 9.35. The molecule has 0 radical (unpaired) electrons. The molecule has 1 aliphatic rings. The van der Waals surface area contributed by atoms with Crippen LogP contribution in [0.5, 0.6) is 0 Å². The minimum absolute atomic E-state index is 0.413. The van der Waals surface area contributed by atoms with Gasteiger partial charge < -0.3 is 5.11 Å². The molecular formula is C14H28O. The van der Waals surface area contributed by atoms with Crippen LogP contribution >= 0.6 is 0 Å². The number of rotatable bonds is 6. The van der Waals surface area contributed by atoms with E-state index in [2.05, 4.69) is 6.92 Å². The number of aliphatic hydroxyl groups excluding tert-OH is 1. The SMILES string of the molecule is CCCCC(CO)CC1CCCCCC1. The molecule has 1 fully saturated rings. The predicted octanol–water partition coefficient (Wildman–Crippen LogP) is 4.15. The number of hydrogen-bond acceptors (Lipinski definition) is 1. The van der Waals surface area contributed by atoms with Gasteiger partial charge in [0, 0.05) is 6.61 Å². The van der Waals surface area contributed by atoms with Crippen molar-refractivity contribution >= 4 is 0 Å². The highest BCUT2D eigenvalue weighted by Gasteiger charge is 2.17. The predicted molar refractivity (Wildman–Crippen MR) is 65.9 cm³/mol. The first-order valence-electron chi connectivity index (χ1n) is 6.97. The van der Waals surface area contributed by atoms with Gasteiger partial charge in [-0.3, -0.25) is 0 Å². The Morgan fingerprint density at radius 2 is 1.80 bits per heavy atom. The standard InChI is InChI=1S/C14H28O/c1-2-3-8-14(12-15)11-13-9-6-4-5-7-10-13/h13-15H,2-12H2,1H3. The van der Waals surface area contributed by atoms with Gasteiger partial charge in [0.15, 0.2) is 0 Å². The summed E-state index contributed by atoms with van der Waals surface area (Å²) < 4.78 is 0. The zero-order valence-corrected chi connectivity index (χ0v) is 10.4. The number of unbranched alkanes of at least 4 members (excludes halogenated alkanes) is 1. The molecule has 15 heavy (non-hydrogen) atoms. The summed E-state index contributed by atoms with van der Waals surface area (Å²) in [5.41, 5.74) is 0. The lowest BCUT2D eigenvalue weighted by Crippen LogP contribution is -2.12. The van der Waals surface area contributed by atoms with E-state index in [1.165, 1.54) is 64.2 Å². The maximum Gasteiger partial charge on any atom is 0.0459 e. The highest BCUT2D eigenvalue weighted by atomic mass is 16.3. The molecule has 0 amide bonds. The van der Waals surface area contributed by atoms with E-state index in [1.807, 2.05) is 0 Å². The van der Waals surface area contributed by atoms with Crippen molar-refractivity contribution in [2.45, 2.75) is 71.1 Å². The Morgan fingerprint density at radius 3 is 2.33 bits per heavy atom. The third-order valence-electron chi connectivity index (χ3n) is 3.87. The molecule has 0 heterocycles. The first kappa shape index (κ1) is 13.0. The number of hydrogen-bond donors (Lipinski definition) is 1. The summed E-state index contributed by atoms with van der Waals surface area (Å²) in [6, 6.07) is 0. The van der Waals surface area contributed by atoms with E-state index in [1.54, 1.807) is 0 Å². The van der Waals surface area contributed by atoms with Crippen molar-refractivity contribution in [2.75, 3.05) is 6.61 Å². The molecule has 1 nitrogen and oxygen atoms in total. The van der Waals surface area contributed by atoms with Crippen molar-refractivity contribution < 1.29 is 5.11 Å². The fourth-order valence-electron chi connectivity index (χ4n) is 2.85. The quantitative estimate of drug-likeness (QED) is 0.656. The zero-order chi connectivity index (χ0) is 10.9. The van der Waals surface area contributed by atoms with Crippen LogP contribution in [0.25, 0.3) is 0 Å². The molecule has 1 aliphatic carbocycles. The van der Waals surface area contributed by atoms with Crippen LogP contribution < -0.4 is 0 Å². The van der Waals surface area contributed by atoms with E-state index in [0.29, 0.717) is 12.5 Å². The molecule has 1 rings (SSSR count). The summed E-state index contributed by atoms with van der Waals surface area (Å²) in [5.74, 6) is 1.51. The summed E-state index contributed by atoms with van der Waals surface area (Å²) in [5, 5.41) is 9.35. The van der Waals surface area contributed by atoms with Gasteiger partial charge in [-0.1, -0.05) is 58.3 Å². The number of aliphatic hydroxyl groups is 1. The Kier molecular flexibility index (Phi) is 7.08. The molecule has 0 aromatic rings. The van der Waals surface area contributed by atoms with Crippen LogP contribution in [-0.4, -0.2) is 11.7 Å². The van der Waals surface area contributed by atoms with Crippen LogP contribution in [-0.2, 0) is 0 Å². The lowest BCUT2D eigenvalue weighted by Gasteiger charge is -2.20. The highest BCUT2D eigenvalue weighted by molar-refractivity contribution is 4.69. The molecule has 0 saturated heterocycles. The summed E-state index contributed by atoms with van der Waals surface area (Å²) >= 11 is 0. The van der Waals surface area contributed by atoms with Crippen molar-refractivity contribution in [1.29, 1.82) is 0 Å². The van der Waals surface area contributed by atoms with Crippen LogP contribution in [0.2, 0.25) is 0 Å². The second-order valence-electron chi connectivity index (χ2n) is 5.28. The van der Waals surface area contributed by atoms with Crippen LogP contribution in [0, 0.1) is 11.8 Å². The van der Waals surface area contributed by atoms with E-state index < -0.39 is 0 Å². The van der Waals surface area contributed by atoms with Gasteiger partial charge in [-0.25, -0.2) is 0 Å². The van der Waals surface area contributed by atoms with Gasteiger partial charge in [0.05, 0.1) is 0 Å². The van der Waals surface area contributed by atoms with Gasteiger partial charge in [0.2, 0.25) is 0 Å². The molecular weight excluding hydrogens is 184 g/mol. The summed E-state index contributed by atoms with van der Waals surface area (Å²) in [6.45, 7) is 2.65. The average Bonchev–Trinajstić information content (AvgIpc) is 2.52. The Hall–Kier alpha value is -0.0400. The van der Waals surface area contributed by atoms with E-state index >= 15 is 0 Å². The van der Waals surface area contributed by atoms with Gasteiger partial charge >= 0.3 is 0 Å². The largest absolute Gasteiger partial charge is 0.396 e. The summed E-state index contributed by atoms with van der Waals surface area (Å²) in [7, 11) is 0. The monoisotopic (exact) mass is 212 g/mol. The Bertz CT molecular complexity index is 136. The fraction of sp³-hybridized carbons (Fsp3) is 1.00. The third-order valence-corrected chi connectivity index (χ3v) is 3.87. The van der Waals surface area contributed by atoms with E-state index in [0.717, 1.165) is 5.92 Å². The molecule has 0 aliphatic heterocycles. The minimum atomic E-state index is 0.413. The topological polar surface area (TPSA) is 20.2 Å². The Morgan fingerprint density at radius 1 is 1.13 bits per heavy atom. The van der Waals surface area contributed by atoms with Gasteiger partial charge in [0.25, 0.3) is 0 Å². The second-order valence-corrected chi connectivity index (χ2v) is 5.28. The minimum Gasteiger partial charge on any atom is -0.396 e. The molecule has 1 heteroatoms. The van der Waals surface area contributed by atoms with E-state index in [4.69, 9.17) is 0 Å². The molecule has 0 aromatic carbocycles. The molecule has 0 aromatic heterocycles. The highest BCUT2D eigenvalue weighted by Crippen LogP contribution is 2.29. The molecule has 90 valence electrons. The Labute approximate surface area is 95.3 Å². The molecule has 1 unspecified atom stereocenters. The normalized spacial score (nSPS) is 21.2. The van der Waals surface area contributed by atoms with E-state index in [9.17, 15) is 5.11 Å². The van der Waals surface area contributed by atoms with Crippen LogP contribution in [0.1, 0.15) is 71.1 Å². The van der Waals surface area contributed by atoms with Gasteiger partial charge in [-0.15, -0.1) is 0 Å². The van der Waals surface area contributed by atoms with Crippen LogP contribution in [0.4, 0.5) is 0 Å². The van der Waals surface area contributed by atoms with Gasteiger partial charge in [-0.2, -0.15) is 0 Å². The van der Waals surface area contributed by atoms with Crippen molar-refractivity contribution in [3.05, 3.63) is 0 Å². The average molecular weight is 212 g/mol. The fourth-order valence-corrected chi connectivity index (χ4v) is 2.85.